The molecule has 1 fully saturated rings. The first kappa shape index (κ1) is 12.3. The lowest BCUT2D eigenvalue weighted by atomic mass is 9.64. The first-order valence-corrected chi connectivity index (χ1v) is 6.17. The largest absolute Gasteiger partial charge is 0.501 e. The van der Waals surface area contributed by atoms with Crippen LogP contribution in [0, 0.1) is 10.1 Å². The molecule has 1 aromatic rings. The molecule has 1 aliphatic rings. The fraction of sp³-hybridized carbons (Fsp3) is 0.455. The summed E-state index contributed by atoms with van der Waals surface area (Å²) in [6.45, 7) is 0.474. The maximum absolute atomic E-state index is 10.8. The number of aromatic hydroxyl groups is 1. The highest BCUT2D eigenvalue weighted by Crippen LogP contribution is 2.46. The van der Waals surface area contributed by atoms with Crippen molar-refractivity contribution in [1.29, 1.82) is 0 Å². The van der Waals surface area contributed by atoms with E-state index in [0.29, 0.717) is 11.0 Å². The Labute approximate surface area is 107 Å². The van der Waals surface area contributed by atoms with E-state index in [-0.39, 0.29) is 16.9 Å². The van der Waals surface area contributed by atoms with Gasteiger partial charge in [0.15, 0.2) is 0 Å². The predicted octanol–water partition coefficient (Wildman–Crippen LogP) is 2.44. The number of halogens is 1. The number of nitro benzene ring substituents is 1. The van der Waals surface area contributed by atoms with Crippen LogP contribution in [0.2, 0.25) is 0 Å². The molecule has 6 heteroatoms. The Morgan fingerprint density at radius 2 is 2.18 bits per heavy atom. The van der Waals surface area contributed by atoms with Crippen LogP contribution in [0.1, 0.15) is 24.8 Å². The van der Waals surface area contributed by atoms with Crippen molar-refractivity contribution >= 4 is 21.6 Å². The van der Waals surface area contributed by atoms with E-state index in [1.165, 1.54) is 6.07 Å². The second-order valence-corrected chi connectivity index (χ2v) is 5.28. The summed E-state index contributed by atoms with van der Waals surface area (Å²) in [6.07, 6.45) is 2.97. The molecule has 1 aromatic carbocycles. The maximum atomic E-state index is 10.8. The molecule has 0 amide bonds. The molecule has 17 heavy (non-hydrogen) atoms. The van der Waals surface area contributed by atoms with Gasteiger partial charge in [-0.3, -0.25) is 10.1 Å². The molecule has 0 aromatic heterocycles. The van der Waals surface area contributed by atoms with Gasteiger partial charge in [0.05, 0.1) is 9.40 Å². The number of hydrogen-bond acceptors (Lipinski definition) is 4. The topological polar surface area (TPSA) is 89.4 Å². The highest BCUT2D eigenvalue weighted by atomic mass is 79.9. The van der Waals surface area contributed by atoms with Crippen LogP contribution in [0.3, 0.4) is 0 Å². The van der Waals surface area contributed by atoms with E-state index in [4.69, 9.17) is 5.73 Å². The number of nitrogens with zero attached hydrogens (tertiary/aromatic N) is 1. The summed E-state index contributed by atoms with van der Waals surface area (Å²) in [5.74, 6) is -0.328. The normalized spacial score (nSPS) is 17.5. The van der Waals surface area contributed by atoms with Gasteiger partial charge in [-0.15, -0.1) is 0 Å². The minimum absolute atomic E-state index is 0.152. The Hall–Kier alpha value is -1.14. The lowest BCUT2D eigenvalue weighted by Crippen LogP contribution is -2.41. The van der Waals surface area contributed by atoms with Crippen LogP contribution in [-0.4, -0.2) is 16.6 Å². The molecule has 3 N–H and O–H groups in total. The van der Waals surface area contributed by atoms with Gasteiger partial charge in [0.1, 0.15) is 0 Å². The molecule has 1 saturated carbocycles. The van der Waals surface area contributed by atoms with Crippen molar-refractivity contribution in [3.8, 4) is 5.75 Å². The van der Waals surface area contributed by atoms with Crippen LogP contribution in [0.15, 0.2) is 16.6 Å². The van der Waals surface area contributed by atoms with Gasteiger partial charge >= 0.3 is 5.69 Å². The molecule has 0 heterocycles. The van der Waals surface area contributed by atoms with Crippen LogP contribution in [0.25, 0.3) is 0 Å². The van der Waals surface area contributed by atoms with E-state index in [2.05, 4.69) is 15.9 Å². The van der Waals surface area contributed by atoms with E-state index >= 15 is 0 Å². The summed E-state index contributed by atoms with van der Waals surface area (Å²) >= 11 is 3.14. The van der Waals surface area contributed by atoms with Crippen molar-refractivity contribution in [2.45, 2.75) is 24.7 Å². The zero-order chi connectivity index (χ0) is 12.6. The Bertz CT molecular complexity index is 467. The zero-order valence-corrected chi connectivity index (χ0v) is 10.7. The first-order valence-electron chi connectivity index (χ1n) is 5.37. The van der Waals surface area contributed by atoms with Crippen LogP contribution in [-0.2, 0) is 5.41 Å². The van der Waals surface area contributed by atoms with Crippen molar-refractivity contribution in [1.82, 2.24) is 0 Å². The number of nitro groups is 1. The molecule has 0 atom stereocenters. The van der Waals surface area contributed by atoms with Crippen LogP contribution in [0.4, 0.5) is 5.69 Å². The molecule has 92 valence electrons. The van der Waals surface area contributed by atoms with E-state index in [1.54, 1.807) is 6.07 Å². The average molecular weight is 301 g/mol. The van der Waals surface area contributed by atoms with Crippen molar-refractivity contribution in [3.63, 3.8) is 0 Å². The molecule has 0 saturated heterocycles. The molecular formula is C11H13BrN2O3. The van der Waals surface area contributed by atoms with Gasteiger partial charge < -0.3 is 10.8 Å². The highest BCUT2D eigenvalue weighted by molar-refractivity contribution is 9.10. The molecule has 0 unspecified atom stereocenters. The van der Waals surface area contributed by atoms with Crippen molar-refractivity contribution in [2.75, 3.05) is 6.54 Å². The summed E-state index contributed by atoms with van der Waals surface area (Å²) < 4.78 is 0.349. The lowest BCUT2D eigenvalue weighted by molar-refractivity contribution is -0.386. The Morgan fingerprint density at radius 1 is 1.53 bits per heavy atom. The molecular weight excluding hydrogens is 288 g/mol. The Balaban J connectivity index is 2.53. The van der Waals surface area contributed by atoms with Gasteiger partial charge in [-0.25, -0.2) is 0 Å². The maximum Gasteiger partial charge on any atom is 0.312 e. The summed E-state index contributed by atoms with van der Waals surface area (Å²) in [7, 11) is 0. The van der Waals surface area contributed by atoms with Crippen molar-refractivity contribution in [2.24, 2.45) is 5.73 Å². The molecule has 0 radical (unpaired) electrons. The van der Waals surface area contributed by atoms with Crippen LogP contribution in [0.5, 0.6) is 5.75 Å². The monoisotopic (exact) mass is 300 g/mol. The zero-order valence-electron chi connectivity index (χ0n) is 9.15. The summed E-state index contributed by atoms with van der Waals surface area (Å²) in [5, 5.41) is 20.4. The third kappa shape index (κ3) is 1.91. The predicted molar refractivity (Wildman–Crippen MR) is 67.0 cm³/mol. The minimum atomic E-state index is -0.577. The number of hydrogen-bond donors (Lipinski definition) is 2. The number of phenolic OH excluding ortho intramolecular Hbond substituents is 1. The van der Waals surface area contributed by atoms with Crippen molar-refractivity contribution < 1.29 is 10.0 Å². The molecule has 2 rings (SSSR count). The SMILES string of the molecule is NCC1(c2cc(Br)c(O)c([N+](=O)[O-])c2)CCC1. The Morgan fingerprint density at radius 3 is 2.59 bits per heavy atom. The third-order valence-corrected chi connectivity index (χ3v) is 4.16. The quantitative estimate of drug-likeness (QED) is 0.663. The molecule has 0 bridgehead atoms. The van der Waals surface area contributed by atoms with Gasteiger partial charge in [0.25, 0.3) is 0 Å². The van der Waals surface area contributed by atoms with Gasteiger partial charge in [0, 0.05) is 18.0 Å². The van der Waals surface area contributed by atoms with Gasteiger partial charge in [0.2, 0.25) is 5.75 Å². The summed E-state index contributed by atoms with van der Waals surface area (Å²) in [5.41, 5.74) is 6.18. The molecule has 5 nitrogen and oxygen atoms in total. The van der Waals surface area contributed by atoms with E-state index < -0.39 is 4.92 Å². The second kappa shape index (κ2) is 4.27. The molecule has 0 aliphatic heterocycles. The fourth-order valence-corrected chi connectivity index (χ4v) is 2.69. The first-order chi connectivity index (χ1) is 8.00. The number of nitrogens with two attached hydrogens (primary N) is 1. The third-order valence-electron chi connectivity index (χ3n) is 3.55. The van der Waals surface area contributed by atoms with E-state index in [1.807, 2.05) is 0 Å². The van der Waals surface area contributed by atoms with Gasteiger partial charge in [-0.05, 0) is 40.4 Å². The van der Waals surface area contributed by atoms with Crippen LogP contribution < -0.4 is 5.73 Å². The number of benzene rings is 1. The fourth-order valence-electron chi connectivity index (χ4n) is 2.24. The number of phenols is 1. The second-order valence-electron chi connectivity index (χ2n) is 4.42. The van der Waals surface area contributed by atoms with Gasteiger partial charge in [-0.2, -0.15) is 0 Å². The minimum Gasteiger partial charge on any atom is -0.501 e. The standard InChI is InChI=1S/C11H13BrN2O3/c12-8-4-7(11(6-13)2-1-3-11)5-9(10(8)15)14(16)17/h4-5,15H,1-3,6,13H2. The van der Waals surface area contributed by atoms with E-state index in [0.717, 1.165) is 24.8 Å². The van der Waals surface area contributed by atoms with E-state index in [9.17, 15) is 15.2 Å². The smallest absolute Gasteiger partial charge is 0.312 e. The van der Waals surface area contributed by atoms with Gasteiger partial charge in [-0.1, -0.05) is 6.42 Å². The van der Waals surface area contributed by atoms with Crippen molar-refractivity contribution in [3.05, 3.63) is 32.3 Å². The summed E-state index contributed by atoms with van der Waals surface area (Å²) in [6, 6.07) is 3.17. The molecule has 1 aliphatic carbocycles. The average Bonchev–Trinajstić information content (AvgIpc) is 2.21. The highest BCUT2D eigenvalue weighted by Gasteiger charge is 2.39. The van der Waals surface area contributed by atoms with Crippen LogP contribution >= 0.6 is 15.9 Å². The number of rotatable bonds is 3. The lowest BCUT2D eigenvalue weighted by Gasteiger charge is -2.41. The molecule has 0 spiro atoms. The summed E-state index contributed by atoms with van der Waals surface area (Å²) in [4.78, 5) is 10.3. The Kier molecular flexibility index (Phi) is 3.09.